The van der Waals surface area contributed by atoms with E-state index in [1.165, 1.54) is 24.3 Å². The molecule has 3 rings (SSSR count). The predicted molar refractivity (Wildman–Crippen MR) is 94.6 cm³/mol. The van der Waals surface area contributed by atoms with Crippen molar-refractivity contribution >= 4 is 17.6 Å². The maximum Gasteiger partial charge on any atom is 0.345 e. The van der Waals surface area contributed by atoms with Crippen molar-refractivity contribution < 1.29 is 19.2 Å². The molecule has 0 unspecified atom stereocenters. The Morgan fingerprint density at radius 2 is 1.96 bits per heavy atom. The molecule has 2 aliphatic rings. The minimum absolute atomic E-state index is 0.101. The number of amides is 1. The smallest absolute Gasteiger partial charge is 0.345 e. The average Bonchev–Trinajstić information content (AvgIpc) is 2.81. The molecule has 1 aromatic rings. The third-order valence-corrected chi connectivity index (χ3v) is 5.38. The minimum atomic E-state index is -0.848. The third kappa shape index (κ3) is 3.57. The number of hydrogen-bond donors (Lipinski definition) is 0. The van der Waals surface area contributed by atoms with E-state index < -0.39 is 17.5 Å². The molecule has 7 heteroatoms. The molecule has 2 atom stereocenters. The largest absolute Gasteiger partial charge is 0.452 e. The van der Waals surface area contributed by atoms with Crippen LogP contribution in [0.25, 0.3) is 0 Å². The predicted octanol–water partition coefficient (Wildman–Crippen LogP) is 3.18. The molecule has 1 aliphatic heterocycles. The summed E-state index contributed by atoms with van der Waals surface area (Å²) >= 11 is 0. The molecule has 2 bridgehead atoms. The number of rotatable bonds is 4. The van der Waals surface area contributed by atoms with Gasteiger partial charge in [-0.3, -0.25) is 14.9 Å². The molecule has 0 aromatic heterocycles. The van der Waals surface area contributed by atoms with Crippen molar-refractivity contribution in [3.8, 4) is 0 Å². The molecule has 26 heavy (non-hydrogen) atoms. The van der Waals surface area contributed by atoms with E-state index in [2.05, 4.69) is 20.8 Å². The number of carbonyl (C=O) groups excluding carboxylic acids is 2. The number of nitrogens with zero attached hydrogens (tertiary/aromatic N) is 2. The second kappa shape index (κ2) is 6.37. The molecule has 1 aromatic carbocycles. The fourth-order valence-corrected chi connectivity index (χ4v) is 4.84. The highest BCUT2D eigenvalue weighted by Crippen LogP contribution is 2.52. The quantitative estimate of drug-likeness (QED) is 0.467. The van der Waals surface area contributed by atoms with E-state index in [1.807, 2.05) is 4.90 Å². The Morgan fingerprint density at radius 1 is 1.27 bits per heavy atom. The number of ether oxygens (including phenoxy) is 1. The molecule has 0 spiro atoms. The first-order valence-electron chi connectivity index (χ1n) is 8.80. The molecule has 7 nitrogen and oxygen atoms in total. The summed E-state index contributed by atoms with van der Waals surface area (Å²) in [5.74, 6) is -1.08. The zero-order valence-corrected chi connectivity index (χ0v) is 15.4. The van der Waals surface area contributed by atoms with Gasteiger partial charge in [0.2, 0.25) is 0 Å². The SMILES string of the molecule is CC1(C)C[C@@H]2C[C@@](C)(CN2C(=O)COC(=O)c2ccccc2[N+](=O)[O-])C1. The lowest BCUT2D eigenvalue weighted by atomic mass is 9.65. The minimum Gasteiger partial charge on any atom is -0.452 e. The highest BCUT2D eigenvalue weighted by atomic mass is 16.6. The zero-order chi connectivity index (χ0) is 19.1. The summed E-state index contributed by atoms with van der Waals surface area (Å²) in [5.41, 5.74) is -0.173. The van der Waals surface area contributed by atoms with E-state index in [1.54, 1.807) is 0 Å². The summed E-state index contributed by atoms with van der Waals surface area (Å²) in [6.07, 6.45) is 2.98. The second-order valence-corrected chi connectivity index (χ2v) is 8.59. The van der Waals surface area contributed by atoms with Crippen LogP contribution in [0.1, 0.15) is 50.4 Å². The van der Waals surface area contributed by atoms with Crippen LogP contribution >= 0.6 is 0 Å². The summed E-state index contributed by atoms with van der Waals surface area (Å²) in [4.78, 5) is 37.0. The van der Waals surface area contributed by atoms with Gasteiger partial charge in [0.15, 0.2) is 6.61 Å². The van der Waals surface area contributed by atoms with Gasteiger partial charge in [-0.1, -0.05) is 32.9 Å². The van der Waals surface area contributed by atoms with Crippen LogP contribution in [0.15, 0.2) is 24.3 Å². The third-order valence-electron chi connectivity index (χ3n) is 5.38. The van der Waals surface area contributed by atoms with Crippen molar-refractivity contribution in [3.05, 3.63) is 39.9 Å². The van der Waals surface area contributed by atoms with Gasteiger partial charge in [-0.15, -0.1) is 0 Å². The van der Waals surface area contributed by atoms with Gasteiger partial charge in [0, 0.05) is 18.7 Å². The number of hydrogen-bond acceptors (Lipinski definition) is 5. The van der Waals surface area contributed by atoms with Crippen LogP contribution in [0.4, 0.5) is 5.69 Å². The van der Waals surface area contributed by atoms with E-state index >= 15 is 0 Å². The summed E-state index contributed by atoms with van der Waals surface area (Å²) in [6.45, 7) is 6.92. The Balaban J connectivity index is 1.65. The first-order chi connectivity index (χ1) is 12.1. The Morgan fingerprint density at radius 3 is 2.65 bits per heavy atom. The van der Waals surface area contributed by atoms with Gasteiger partial charge in [-0.25, -0.2) is 4.79 Å². The highest BCUT2D eigenvalue weighted by molar-refractivity contribution is 5.95. The number of esters is 1. The Labute approximate surface area is 152 Å². The van der Waals surface area contributed by atoms with Crippen molar-refractivity contribution in [2.24, 2.45) is 10.8 Å². The van der Waals surface area contributed by atoms with E-state index in [-0.39, 0.29) is 34.0 Å². The van der Waals surface area contributed by atoms with Gasteiger partial charge >= 0.3 is 5.97 Å². The van der Waals surface area contributed by atoms with Crippen LogP contribution in [-0.4, -0.2) is 40.9 Å². The lowest BCUT2D eigenvalue weighted by molar-refractivity contribution is -0.385. The monoisotopic (exact) mass is 360 g/mol. The lowest BCUT2D eigenvalue weighted by Crippen LogP contribution is -2.39. The molecule has 1 saturated carbocycles. The standard InChI is InChI=1S/C19H24N2O5/c1-18(2)8-13-9-19(3,11-18)12-20(13)16(22)10-26-17(23)14-6-4-5-7-15(14)21(24)25/h4-7,13H,8-12H2,1-3H3/t13-,19-/m1/s1. The van der Waals surface area contributed by atoms with Crippen molar-refractivity contribution in [2.45, 2.75) is 46.1 Å². The number of fused-ring (bicyclic) bond motifs is 2. The lowest BCUT2D eigenvalue weighted by Gasteiger charge is -2.39. The summed E-state index contributed by atoms with van der Waals surface area (Å²) in [7, 11) is 0. The first kappa shape index (κ1) is 18.4. The van der Waals surface area contributed by atoms with Crippen LogP contribution in [0.2, 0.25) is 0 Å². The molecule has 1 aliphatic carbocycles. The molecule has 0 radical (unpaired) electrons. The van der Waals surface area contributed by atoms with Gasteiger partial charge in [0.25, 0.3) is 11.6 Å². The topological polar surface area (TPSA) is 89.8 Å². The molecule has 1 heterocycles. The number of nitro groups is 1. The van der Waals surface area contributed by atoms with Crippen molar-refractivity contribution in [3.63, 3.8) is 0 Å². The summed E-state index contributed by atoms with van der Waals surface area (Å²) in [6, 6.07) is 5.74. The zero-order valence-electron chi connectivity index (χ0n) is 15.4. The van der Waals surface area contributed by atoms with E-state index in [9.17, 15) is 19.7 Å². The van der Waals surface area contributed by atoms with Crippen molar-refractivity contribution in [1.29, 1.82) is 0 Å². The number of nitro benzene ring substituents is 1. The maximum absolute atomic E-state index is 12.6. The van der Waals surface area contributed by atoms with Crippen LogP contribution in [0, 0.1) is 20.9 Å². The van der Waals surface area contributed by atoms with Gasteiger partial charge in [0.1, 0.15) is 5.56 Å². The van der Waals surface area contributed by atoms with Crippen molar-refractivity contribution in [1.82, 2.24) is 4.90 Å². The van der Waals surface area contributed by atoms with Crippen LogP contribution in [0.3, 0.4) is 0 Å². The van der Waals surface area contributed by atoms with Gasteiger partial charge in [-0.2, -0.15) is 0 Å². The number of carbonyl (C=O) groups is 2. The Kier molecular flexibility index (Phi) is 4.50. The van der Waals surface area contributed by atoms with E-state index in [0.29, 0.717) is 6.54 Å². The molecule has 1 amide bonds. The van der Waals surface area contributed by atoms with Crippen molar-refractivity contribution in [2.75, 3.05) is 13.2 Å². The van der Waals surface area contributed by atoms with Gasteiger partial charge in [0.05, 0.1) is 4.92 Å². The van der Waals surface area contributed by atoms with E-state index in [4.69, 9.17) is 4.74 Å². The number of benzene rings is 1. The van der Waals surface area contributed by atoms with E-state index in [0.717, 1.165) is 19.3 Å². The number of likely N-dealkylation sites (tertiary alicyclic amines) is 1. The summed E-state index contributed by atoms with van der Waals surface area (Å²) < 4.78 is 5.09. The molecular weight excluding hydrogens is 336 g/mol. The second-order valence-electron chi connectivity index (χ2n) is 8.59. The fraction of sp³-hybridized carbons (Fsp3) is 0.579. The molecule has 1 saturated heterocycles. The molecule has 140 valence electrons. The van der Waals surface area contributed by atoms with Crippen LogP contribution < -0.4 is 0 Å². The molecule has 0 N–H and O–H groups in total. The van der Waals surface area contributed by atoms with Crippen LogP contribution in [0.5, 0.6) is 0 Å². The van der Waals surface area contributed by atoms with Gasteiger partial charge in [-0.05, 0) is 36.2 Å². The normalized spacial score (nSPS) is 26.4. The van der Waals surface area contributed by atoms with Crippen LogP contribution in [-0.2, 0) is 9.53 Å². The Bertz CT molecular complexity index is 760. The molecular formula is C19H24N2O5. The average molecular weight is 360 g/mol. The van der Waals surface area contributed by atoms with Gasteiger partial charge < -0.3 is 9.64 Å². The molecule has 2 fully saturated rings. The highest BCUT2D eigenvalue weighted by Gasteiger charge is 2.50. The first-order valence-corrected chi connectivity index (χ1v) is 8.80. The maximum atomic E-state index is 12.6. The fourth-order valence-electron chi connectivity index (χ4n) is 4.84. The summed E-state index contributed by atoms with van der Waals surface area (Å²) in [5, 5.41) is 11.0. The Hall–Kier alpha value is -2.44. The number of para-hydroxylation sites is 1.